The van der Waals surface area contributed by atoms with Crippen molar-refractivity contribution in [2.75, 3.05) is 0 Å². The van der Waals surface area contributed by atoms with E-state index in [1.807, 2.05) is 18.3 Å². The molecule has 0 aliphatic heterocycles. The van der Waals surface area contributed by atoms with Gasteiger partial charge in [-0.3, -0.25) is 0 Å². The number of carbonyl (C=O) groups excluding carboxylic acids is 1. The molecule has 3 heteroatoms. The fraction of sp³-hybridized carbons (Fsp3) is 0.250. The molecule has 1 fully saturated rings. The third-order valence-corrected chi connectivity index (χ3v) is 3.08. The summed E-state index contributed by atoms with van der Waals surface area (Å²) in [6.45, 7) is 0. The highest BCUT2D eigenvalue weighted by Gasteiger charge is 2.44. The molecule has 1 aliphatic carbocycles. The second kappa shape index (κ2) is 2.81. The molecule has 15 heavy (non-hydrogen) atoms. The predicted octanol–water partition coefficient (Wildman–Crippen LogP) is 2.49. The summed E-state index contributed by atoms with van der Waals surface area (Å²) in [4.78, 5) is 17.4. The summed E-state index contributed by atoms with van der Waals surface area (Å²) in [6, 6.07) is 8.20. The van der Waals surface area contributed by atoms with Crippen LogP contribution in [0.3, 0.4) is 0 Å². The molecule has 1 aliphatic rings. The summed E-state index contributed by atoms with van der Waals surface area (Å²) in [5.41, 5.74) is 1.95. The Balaban J connectivity index is 2.15. The van der Waals surface area contributed by atoms with E-state index >= 15 is 0 Å². The van der Waals surface area contributed by atoms with Gasteiger partial charge >= 0.3 is 0 Å². The average molecular weight is 198 g/mol. The first-order valence-electron chi connectivity index (χ1n) is 5.01. The first kappa shape index (κ1) is 8.45. The number of nitrogens with one attached hydrogen (secondary N) is 1. The highest BCUT2D eigenvalue weighted by atomic mass is 16.1. The van der Waals surface area contributed by atoms with Crippen LogP contribution in [0.5, 0.6) is 0 Å². The maximum atomic E-state index is 10.3. The van der Waals surface area contributed by atoms with Gasteiger partial charge in [0.15, 0.2) is 0 Å². The molecule has 74 valence electrons. The number of rotatable bonds is 2. The number of aromatic nitrogens is 1. The summed E-state index contributed by atoms with van der Waals surface area (Å²) >= 11 is 0. The van der Waals surface area contributed by atoms with Crippen LogP contribution in [0, 0.1) is 0 Å². The first-order valence-corrected chi connectivity index (χ1v) is 5.01. The molecule has 1 aromatic heterocycles. The van der Waals surface area contributed by atoms with Crippen LogP contribution < -0.4 is 0 Å². The van der Waals surface area contributed by atoms with Crippen LogP contribution in [0.2, 0.25) is 0 Å². The third kappa shape index (κ3) is 1.21. The lowest BCUT2D eigenvalue weighted by Gasteiger charge is -2.07. The van der Waals surface area contributed by atoms with Gasteiger partial charge in [-0.1, -0.05) is 12.1 Å². The van der Waals surface area contributed by atoms with E-state index in [0.29, 0.717) is 0 Å². The highest BCUT2D eigenvalue weighted by molar-refractivity contribution is 5.80. The summed E-state index contributed by atoms with van der Waals surface area (Å²) in [6.07, 6.45) is 5.50. The molecule has 1 saturated carbocycles. The van der Waals surface area contributed by atoms with Gasteiger partial charge < -0.3 is 4.98 Å². The number of hydrogen-bond acceptors (Lipinski definition) is 2. The van der Waals surface area contributed by atoms with Gasteiger partial charge in [0.1, 0.15) is 0 Å². The Labute approximate surface area is 86.8 Å². The van der Waals surface area contributed by atoms with Gasteiger partial charge in [0.25, 0.3) is 0 Å². The minimum atomic E-state index is -0.263. The van der Waals surface area contributed by atoms with Crippen molar-refractivity contribution in [2.45, 2.75) is 18.4 Å². The number of isocyanates is 1. The van der Waals surface area contributed by atoms with E-state index in [4.69, 9.17) is 0 Å². The van der Waals surface area contributed by atoms with Crippen molar-refractivity contribution in [1.82, 2.24) is 4.98 Å². The fourth-order valence-electron chi connectivity index (χ4n) is 2.01. The molecular weight excluding hydrogens is 188 g/mol. The van der Waals surface area contributed by atoms with Gasteiger partial charge in [0.2, 0.25) is 6.08 Å². The average Bonchev–Trinajstić information content (AvgIpc) is 2.89. The van der Waals surface area contributed by atoms with Crippen molar-refractivity contribution < 1.29 is 4.79 Å². The number of aliphatic imine (C=N–C) groups is 1. The molecule has 0 spiro atoms. The van der Waals surface area contributed by atoms with Crippen LogP contribution in [-0.4, -0.2) is 11.1 Å². The van der Waals surface area contributed by atoms with Crippen LogP contribution in [0.4, 0.5) is 0 Å². The van der Waals surface area contributed by atoms with Crippen molar-refractivity contribution in [3.63, 3.8) is 0 Å². The van der Waals surface area contributed by atoms with Crippen molar-refractivity contribution in [3.8, 4) is 0 Å². The van der Waals surface area contributed by atoms with E-state index in [-0.39, 0.29) is 5.54 Å². The van der Waals surface area contributed by atoms with Gasteiger partial charge in [0.05, 0.1) is 5.54 Å². The van der Waals surface area contributed by atoms with Gasteiger partial charge in [-0.25, -0.2) is 4.79 Å². The monoisotopic (exact) mass is 198 g/mol. The number of hydrogen-bond donors (Lipinski definition) is 1. The molecule has 0 radical (unpaired) electrons. The highest BCUT2D eigenvalue weighted by Crippen LogP contribution is 2.49. The number of nitrogens with zero attached hydrogens (tertiary/aromatic N) is 1. The third-order valence-electron chi connectivity index (χ3n) is 3.08. The summed E-state index contributed by atoms with van der Waals surface area (Å²) in [5, 5.41) is 1.18. The van der Waals surface area contributed by atoms with Crippen LogP contribution >= 0.6 is 0 Å². The Morgan fingerprint density at radius 2 is 2.20 bits per heavy atom. The number of H-pyrrole nitrogens is 1. The summed E-state index contributed by atoms with van der Waals surface area (Å²) < 4.78 is 0. The van der Waals surface area contributed by atoms with Gasteiger partial charge in [0, 0.05) is 11.7 Å². The summed E-state index contributed by atoms with van der Waals surface area (Å²) in [5.74, 6) is 0. The Kier molecular flexibility index (Phi) is 1.58. The molecule has 0 saturated heterocycles. The van der Waals surface area contributed by atoms with Crippen molar-refractivity contribution in [2.24, 2.45) is 4.99 Å². The smallest absolute Gasteiger partial charge is 0.235 e. The van der Waals surface area contributed by atoms with E-state index in [1.165, 1.54) is 5.39 Å². The maximum absolute atomic E-state index is 10.3. The van der Waals surface area contributed by atoms with E-state index in [1.54, 1.807) is 6.08 Å². The minimum Gasteiger partial charge on any atom is -0.361 e. The van der Waals surface area contributed by atoms with Gasteiger partial charge in [-0.15, -0.1) is 0 Å². The Morgan fingerprint density at radius 1 is 1.33 bits per heavy atom. The quantitative estimate of drug-likeness (QED) is 0.584. The molecule has 3 rings (SSSR count). The lowest BCUT2D eigenvalue weighted by molar-refractivity contribution is 0.556. The van der Waals surface area contributed by atoms with E-state index in [9.17, 15) is 4.79 Å². The fourth-order valence-corrected chi connectivity index (χ4v) is 2.01. The Morgan fingerprint density at radius 3 is 2.93 bits per heavy atom. The van der Waals surface area contributed by atoms with Gasteiger partial charge in [-0.05, 0) is 35.9 Å². The normalized spacial score (nSPS) is 17.3. The number of benzene rings is 1. The molecule has 3 nitrogen and oxygen atoms in total. The molecule has 0 bridgehead atoms. The lowest BCUT2D eigenvalue weighted by Crippen LogP contribution is -2.01. The maximum Gasteiger partial charge on any atom is 0.235 e. The molecule has 0 amide bonds. The molecule has 1 N–H and O–H groups in total. The zero-order valence-electron chi connectivity index (χ0n) is 8.16. The van der Waals surface area contributed by atoms with E-state index < -0.39 is 0 Å². The molecule has 1 aromatic carbocycles. The van der Waals surface area contributed by atoms with Crippen LogP contribution in [0.1, 0.15) is 18.4 Å². The number of fused-ring (bicyclic) bond motifs is 1. The molecule has 1 heterocycles. The SMILES string of the molecule is O=C=NC1(c2ccc3cc[nH]c3c2)CC1. The van der Waals surface area contributed by atoms with Crippen LogP contribution in [0.15, 0.2) is 35.5 Å². The van der Waals surface area contributed by atoms with Gasteiger partial charge in [-0.2, -0.15) is 4.99 Å². The standard InChI is InChI=1S/C12H10N2O/c15-8-14-12(4-5-12)10-2-1-9-3-6-13-11(9)7-10/h1-3,6-7,13H,4-5H2. The minimum absolute atomic E-state index is 0.263. The predicted molar refractivity (Wildman–Crippen MR) is 57.3 cm³/mol. The van der Waals surface area contributed by atoms with Crippen molar-refractivity contribution >= 4 is 17.0 Å². The molecular formula is C12H10N2O. The molecule has 2 aromatic rings. The second-order valence-corrected chi connectivity index (χ2v) is 4.01. The number of aromatic amines is 1. The largest absolute Gasteiger partial charge is 0.361 e. The zero-order valence-corrected chi connectivity index (χ0v) is 8.16. The lowest BCUT2D eigenvalue weighted by atomic mass is 10.0. The van der Waals surface area contributed by atoms with E-state index in [2.05, 4.69) is 22.1 Å². The Bertz CT molecular complexity index is 560. The van der Waals surface area contributed by atoms with Crippen molar-refractivity contribution in [1.29, 1.82) is 0 Å². The zero-order chi connectivity index (χ0) is 10.3. The Hall–Kier alpha value is -1.86. The van der Waals surface area contributed by atoms with Crippen molar-refractivity contribution in [3.05, 3.63) is 36.0 Å². The summed E-state index contributed by atoms with van der Waals surface area (Å²) in [7, 11) is 0. The second-order valence-electron chi connectivity index (χ2n) is 4.01. The first-order chi connectivity index (χ1) is 7.34. The van der Waals surface area contributed by atoms with Crippen LogP contribution in [-0.2, 0) is 10.3 Å². The molecule has 0 unspecified atom stereocenters. The van der Waals surface area contributed by atoms with E-state index in [0.717, 1.165) is 23.9 Å². The van der Waals surface area contributed by atoms with Crippen LogP contribution in [0.25, 0.3) is 10.9 Å². The molecule has 0 atom stereocenters. The topological polar surface area (TPSA) is 45.2 Å².